The summed E-state index contributed by atoms with van der Waals surface area (Å²) in [6.07, 6.45) is -4.70. The minimum absolute atomic E-state index is 0.249. The summed E-state index contributed by atoms with van der Waals surface area (Å²) >= 11 is 0. The van der Waals surface area contributed by atoms with Gasteiger partial charge in [0.25, 0.3) is 0 Å². The Hall–Kier alpha value is -2.02. The van der Waals surface area contributed by atoms with Gasteiger partial charge in [0.2, 0.25) is 0 Å². The van der Waals surface area contributed by atoms with Crippen molar-refractivity contribution in [2.24, 2.45) is 0 Å². The van der Waals surface area contributed by atoms with E-state index in [2.05, 4.69) is 15.0 Å². The first kappa shape index (κ1) is 15.4. The molecule has 0 bridgehead atoms. The van der Waals surface area contributed by atoms with Crippen LogP contribution in [0.5, 0.6) is 5.75 Å². The molecule has 1 heterocycles. The third kappa shape index (κ3) is 3.75. The average Bonchev–Trinajstić information content (AvgIpc) is 2.36. The first-order valence-electron chi connectivity index (χ1n) is 6.31. The molecule has 0 saturated heterocycles. The lowest BCUT2D eigenvalue weighted by Gasteiger charge is -2.18. The summed E-state index contributed by atoms with van der Waals surface area (Å²) < 4.78 is 40.9. The Labute approximate surface area is 120 Å². The Kier molecular flexibility index (Phi) is 4.22. The molecule has 2 aromatic rings. The highest BCUT2D eigenvalue weighted by molar-refractivity contribution is 5.92. The fraction of sp³-hybridized carbons (Fsp3) is 0.357. The maximum Gasteiger partial charge on any atom is 0.573 e. The van der Waals surface area contributed by atoms with Gasteiger partial charge in [-0.1, -0.05) is 0 Å². The van der Waals surface area contributed by atoms with Gasteiger partial charge in [-0.3, -0.25) is 4.98 Å². The molecule has 0 aliphatic heterocycles. The second-order valence-electron chi connectivity index (χ2n) is 4.78. The van der Waals surface area contributed by atoms with Gasteiger partial charge >= 0.3 is 6.36 Å². The number of ether oxygens (including phenoxy) is 1. The first-order chi connectivity index (χ1) is 9.80. The second kappa shape index (κ2) is 5.77. The van der Waals surface area contributed by atoms with Gasteiger partial charge in [-0.15, -0.1) is 13.2 Å². The molecule has 1 aromatic carbocycles. The molecule has 0 atom stereocenters. The number of pyridine rings is 1. The molecule has 0 saturated carbocycles. The fourth-order valence-corrected chi connectivity index (χ4v) is 2.08. The number of hydrogen-bond donors (Lipinski definition) is 1. The van der Waals surface area contributed by atoms with Crippen LogP contribution < -0.4 is 15.0 Å². The number of fused-ring (bicyclic) bond motifs is 1. The fourth-order valence-electron chi connectivity index (χ4n) is 2.08. The van der Waals surface area contributed by atoms with Crippen LogP contribution in [-0.4, -0.2) is 32.5 Å². The predicted octanol–water partition coefficient (Wildman–Crippen LogP) is 2.92. The van der Waals surface area contributed by atoms with Crippen LogP contribution in [0, 0.1) is 0 Å². The van der Waals surface area contributed by atoms with Crippen molar-refractivity contribution in [3.8, 4) is 5.75 Å². The van der Waals surface area contributed by atoms with Crippen LogP contribution in [0.4, 0.5) is 18.9 Å². The normalized spacial score (nSPS) is 11.7. The summed E-state index contributed by atoms with van der Waals surface area (Å²) in [7, 11) is 5.46. The van der Waals surface area contributed by atoms with Crippen molar-refractivity contribution in [2.75, 3.05) is 26.0 Å². The molecule has 0 fully saturated rings. The van der Waals surface area contributed by atoms with E-state index in [0.717, 1.165) is 11.4 Å². The van der Waals surface area contributed by atoms with E-state index in [1.165, 1.54) is 18.2 Å². The number of nitrogens with one attached hydrogen (secondary N) is 1. The minimum Gasteiger partial charge on any atom is -0.406 e. The molecule has 0 radical (unpaired) electrons. The topological polar surface area (TPSA) is 37.4 Å². The Morgan fingerprint density at radius 2 is 1.95 bits per heavy atom. The predicted molar refractivity (Wildman–Crippen MR) is 75.5 cm³/mol. The quantitative estimate of drug-likeness (QED) is 0.942. The summed E-state index contributed by atoms with van der Waals surface area (Å²) in [6, 6.07) is 6.00. The molecule has 114 valence electrons. The van der Waals surface area contributed by atoms with E-state index >= 15 is 0 Å². The second-order valence-corrected chi connectivity index (χ2v) is 4.78. The van der Waals surface area contributed by atoms with Crippen LogP contribution in [0.1, 0.15) is 5.69 Å². The lowest BCUT2D eigenvalue weighted by Crippen LogP contribution is -2.17. The Balaban J connectivity index is 2.54. The van der Waals surface area contributed by atoms with Crippen molar-refractivity contribution in [3.63, 3.8) is 0 Å². The average molecular weight is 299 g/mol. The molecule has 0 amide bonds. The zero-order chi connectivity index (χ0) is 15.6. The number of nitrogens with zero attached hydrogens (tertiary/aromatic N) is 2. The van der Waals surface area contributed by atoms with Crippen LogP contribution in [0.15, 0.2) is 24.3 Å². The summed E-state index contributed by atoms with van der Waals surface area (Å²) in [6.45, 7) is 0.581. The number of halogens is 3. The highest BCUT2D eigenvalue weighted by Gasteiger charge is 2.31. The van der Waals surface area contributed by atoms with Crippen LogP contribution in [0.25, 0.3) is 10.9 Å². The minimum atomic E-state index is -4.70. The van der Waals surface area contributed by atoms with E-state index in [9.17, 15) is 13.2 Å². The van der Waals surface area contributed by atoms with Crippen molar-refractivity contribution < 1.29 is 17.9 Å². The molecule has 7 heteroatoms. The molecule has 0 unspecified atom stereocenters. The highest BCUT2D eigenvalue weighted by atomic mass is 19.4. The van der Waals surface area contributed by atoms with Gasteiger partial charge in [0, 0.05) is 31.7 Å². The van der Waals surface area contributed by atoms with E-state index in [1.807, 2.05) is 32.1 Å². The van der Waals surface area contributed by atoms with Gasteiger partial charge in [-0.05, 0) is 31.3 Å². The summed E-state index contributed by atoms with van der Waals surface area (Å²) in [5.74, 6) is -0.249. The number of alkyl halides is 3. The molecule has 1 aromatic heterocycles. The maximum absolute atomic E-state index is 12.3. The number of aromatic nitrogens is 1. The van der Waals surface area contributed by atoms with Gasteiger partial charge in [0.1, 0.15) is 5.75 Å². The largest absolute Gasteiger partial charge is 0.573 e. The van der Waals surface area contributed by atoms with E-state index in [4.69, 9.17) is 0 Å². The van der Waals surface area contributed by atoms with Crippen LogP contribution in [0.2, 0.25) is 0 Å². The number of anilines is 1. The van der Waals surface area contributed by atoms with Crippen molar-refractivity contribution in [1.29, 1.82) is 0 Å². The zero-order valence-corrected chi connectivity index (χ0v) is 12.0. The van der Waals surface area contributed by atoms with E-state index in [-0.39, 0.29) is 5.75 Å². The SMILES string of the molecule is CNCc1cc(N(C)C)c2cc(OC(F)(F)F)ccc2n1. The smallest absolute Gasteiger partial charge is 0.406 e. The van der Waals surface area contributed by atoms with Crippen LogP contribution in [0.3, 0.4) is 0 Å². The lowest BCUT2D eigenvalue weighted by atomic mass is 10.1. The highest BCUT2D eigenvalue weighted by Crippen LogP contribution is 2.31. The van der Waals surface area contributed by atoms with E-state index in [0.29, 0.717) is 17.4 Å². The Morgan fingerprint density at radius 1 is 1.24 bits per heavy atom. The van der Waals surface area contributed by atoms with Gasteiger partial charge in [-0.2, -0.15) is 0 Å². The summed E-state index contributed by atoms with van der Waals surface area (Å²) in [4.78, 5) is 6.25. The van der Waals surface area contributed by atoms with Gasteiger partial charge < -0.3 is 15.0 Å². The molecule has 21 heavy (non-hydrogen) atoms. The summed E-state index contributed by atoms with van der Waals surface area (Å²) in [5.41, 5.74) is 2.23. The Bertz CT molecular complexity index is 641. The third-order valence-corrected chi connectivity index (χ3v) is 2.88. The zero-order valence-electron chi connectivity index (χ0n) is 12.0. The Morgan fingerprint density at radius 3 is 2.52 bits per heavy atom. The number of rotatable bonds is 4. The monoisotopic (exact) mass is 299 g/mol. The standard InChI is InChI=1S/C14H16F3N3O/c1-18-8-9-6-13(20(2)3)11-7-10(21-14(15,16)17)4-5-12(11)19-9/h4-7,18H,8H2,1-3H3. The van der Waals surface area contributed by atoms with Crippen molar-refractivity contribution >= 4 is 16.6 Å². The van der Waals surface area contributed by atoms with Crippen molar-refractivity contribution in [2.45, 2.75) is 12.9 Å². The van der Waals surface area contributed by atoms with Gasteiger partial charge in [0.15, 0.2) is 0 Å². The molecule has 0 aliphatic rings. The van der Waals surface area contributed by atoms with Gasteiger partial charge in [-0.25, -0.2) is 0 Å². The molecular weight excluding hydrogens is 283 g/mol. The van der Waals surface area contributed by atoms with Crippen LogP contribution in [-0.2, 0) is 6.54 Å². The lowest BCUT2D eigenvalue weighted by molar-refractivity contribution is -0.274. The molecule has 1 N–H and O–H groups in total. The van der Waals surface area contributed by atoms with Crippen LogP contribution >= 0.6 is 0 Å². The van der Waals surface area contributed by atoms with Gasteiger partial charge in [0.05, 0.1) is 11.2 Å². The number of benzene rings is 1. The molecule has 4 nitrogen and oxygen atoms in total. The van der Waals surface area contributed by atoms with Crippen molar-refractivity contribution in [3.05, 3.63) is 30.0 Å². The maximum atomic E-state index is 12.3. The molecular formula is C14H16F3N3O. The van der Waals surface area contributed by atoms with Crippen molar-refractivity contribution in [1.82, 2.24) is 10.3 Å². The molecule has 2 rings (SSSR count). The summed E-state index contributed by atoms with van der Waals surface area (Å²) in [5, 5.41) is 3.62. The first-order valence-corrected chi connectivity index (χ1v) is 6.31. The molecule has 0 spiro atoms. The molecule has 0 aliphatic carbocycles. The van der Waals surface area contributed by atoms with E-state index < -0.39 is 6.36 Å². The number of hydrogen-bond acceptors (Lipinski definition) is 4. The van der Waals surface area contributed by atoms with E-state index in [1.54, 1.807) is 0 Å². The third-order valence-electron chi connectivity index (χ3n) is 2.88.